The summed E-state index contributed by atoms with van der Waals surface area (Å²) in [7, 11) is 1.85. The molecule has 204 valence electrons. The number of fused-ring (bicyclic) bond motifs is 1. The number of alkyl halides is 3. The minimum absolute atomic E-state index is 0.0101. The second kappa shape index (κ2) is 10.00. The first-order valence-corrected chi connectivity index (χ1v) is 13.1. The first-order valence-electron chi connectivity index (χ1n) is 11.9. The molecule has 2 amide bonds. The fourth-order valence-corrected chi connectivity index (χ4v) is 6.03. The van der Waals surface area contributed by atoms with Gasteiger partial charge in [-0.1, -0.05) is 23.7 Å². The average molecular weight is 579 g/mol. The number of imide groups is 1. The van der Waals surface area contributed by atoms with Crippen molar-refractivity contribution in [1.29, 1.82) is 0 Å². The zero-order valence-corrected chi connectivity index (χ0v) is 22.1. The maximum absolute atomic E-state index is 13.5. The molecular weight excluding hydrogens is 557 g/mol. The topological polar surface area (TPSA) is 95.7 Å². The second-order valence-electron chi connectivity index (χ2n) is 9.58. The van der Waals surface area contributed by atoms with E-state index >= 15 is 0 Å². The van der Waals surface area contributed by atoms with E-state index in [2.05, 4.69) is 5.10 Å². The Morgan fingerprint density at radius 2 is 1.90 bits per heavy atom. The minimum atomic E-state index is -4.58. The lowest BCUT2D eigenvalue weighted by molar-refractivity contribution is -0.156. The molecule has 0 unspecified atom stereocenters. The predicted molar refractivity (Wildman–Crippen MR) is 140 cm³/mol. The number of carbonyl (C=O) groups excluding carboxylic acids is 2. The van der Waals surface area contributed by atoms with Crippen molar-refractivity contribution >= 4 is 57.5 Å². The zero-order valence-electron chi connectivity index (χ0n) is 20.5. The van der Waals surface area contributed by atoms with Gasteiger partial charge in [-0.05, 0) is 73.1 Å². The van der Waals surface area contributed by atoms with Crippen LogP contribution in [-0.4, -0.2) is 67.5 Å². The number of thioether (sulfide) groups is 1. The van der Waals surface area contributed by atoms with Crippen LogP contribution in [0.3, 0.4) is 0 Å². The lowest BCUT2D eigenvalue weighted by atomic mass is 9.86. The summed E-state index contributed by atoms with van der Waals surface area (Å²) >= 11 is 6.47. The van der Waals surface area contributed by atoms with Crippen LogP contribution in [0.25, 0.3) is 17.0 Å². The van der Waals surface area contributed by atoms with E-state index in [1.54, 1.807) is 18.2 Å². The highest BCUT2D eigenvalue weighted by molar-refractivity contribution is 8.18. The number of hydrogen-bond acceptors (Lipinski definition) is 6. The zero-order chi connectivity index (χ0) is 28.1. The maximum Gasteiger partial charge on any atom is 0.416 e. The molecule has 0 spiro atoms. The van der Waals surface area contributed by atoms with Crippen molar-refractivity contribution in [3.63, 3.8) is 0 Å². The van der Waals surface area contributed by atoms with Crippen molar-refractivity contribution in [1.82, 2.24) is 19.6 Å². The quantitative estimate of drug-likeness (QED) is 0.408. The third kappa shape index (κ3) is 5.04. The van der Waals surface area contributed by atoms with Gasteiger partial charge in [0, 0.05) is 23.5 Å². The molecule has 5 rings (SSSR count). The highest BCUT2D eigenvalue weighted by Crippen LogP contribution is 2.41. The number of amides is 2. The lowest BCUT2D eigenvalue weighted by Gasteiger charge is -2.41. The Morgan fingerprint density at radius 3 is 2.56 bits per heavy atom. The first-order chi connectivity index (χ1) is 18.4. The molecule has 0 atom stereocenters. The van der Waals surface area contributed by atoms with Gasteiger partial charge in [0.05, 0.1) is 28.7 Å². The monoisotopic (exact) mass is 578 g/mol. The number of halogens is 4. The van der Waals surface area contributed by atoms with Crippen molar-refractivity contribution in [3.8, 4) is 0 Å². The van der Waals surface area contributed by atoms with Crippen LogP contribution in [0.5, 0.6) is 0 Å². The average Bonchev–Trinajstić information content (AvgIpc) is 3.39. The summed E-state index contributed by atoms with van der Waals surface area (Å²) in [6.45, 7) is 0.739. The number of carbonyl (C=O) groups is 3. The Morgan fingerprint density at radius 1 is 1.18 bits per heavy atom. The summed E-state index contributed by atoms with van der Waals surface area (Å²) in [5.41, 5.74) is -1.29. The highest BCUT2D eigenvalue weighted by atomic mass is 35.5. The molecule has 2 aliphatic heterocycles. The highest BCUT2D eigenvalue weighted by Gasteiger charge is 2.55. The first kappa shape index (κ1) is 27.2. The van der Waals surface area contributed by atoms with Gasteiger partial charge in [-0.15, -0.1) is 0 Å². The summed E-state index contributed by atoms with van der Waals surface area (Å²) in [6.07, 6.45) is -1.29. The number of nitrogens with zero attached hydrogens (tertiary/aromatic N) is 4. The molecule has 1 aromatic heterocycles. The van der Waals surface area contributed by atoms with E-state index in [1.807, 2.05) is 11.9 Å². The third-order valence-electron chi connectivity index (χ3n) is 7.10. The van der Waals surface area contributed by atoms with Crippen LogP contribution in [0.4, 0.5) is 18.0 Å². The summed E-state index contributed by atoms with van der Waals surface area (Å²) < 4.78 is 42.0. The number of piperidine rings is 1. The van der Waals surface area contributed by atoms with E-state index < -0.39 is 34.4 Å². The van der Waals surface area contributed by atoms with E-state index in [1.165, 1.54) is 29.1 Å². The molecule has 2 aliphatic rings. The van der Waals surface area contributed by atoms with Crippen molar-refractivity contribution in [3.05, 3.63) is 69.2 Å². The van der Waals surface area contributed by atoms with Crippen LogP contribution in [0.15, 0.2) is 47.5 Å². The Bertz CT molecular complexity index is 1530. The van der Waals surface area contributed by atoms with E-state index in [0.29, 0.717) is 41.3 Å². The van der Waals surface area contributed by atoms with Crippen molar-refractivity contribution in [2.45, 2.75) is 31.1 Å². The maximum atomic E-state index is 13.5. The summed E-state index contributed by atoms with van der Waals surface area (Å²) in [5.74, 6) is -1.86. The molecule has 2 fully saturated rings. The van der Waals surface area contributed by atoms with Crippen molar-refractivity contribution in [2.75, 3.05) is 20.1 Å². The molecular formula is C26H22ClF3N4O4S. The molecule has 0 bridgehead atoms. The number of carboxylic acids is 1. The fourth-order valence-electron chi connectivity index (χ4n) is 4.94. The normalized spacial score (nSPS) is 19.4. The molecule has 1 N–H and O–H groups in total. The molecule has 2 aromatic carbocycles. The van der Waals surface area contributed by atoms with Crippen LogP contribution >= 0.6 is 23.4 Å². The van der Waals surface area contributed by atoms with E-state index in [0.717, 1.165) is 11.0 Å². The standard InChI is InChI=1S/C26H22ClF3N4O4S/c1-32-8-6-25(7-9-32,23(36)37)34-22(35)21(39-24(34)38)11-15-2-5-20-17(10-15)13-31-33(20)14-16-3-4-18(27)12-19(16)26(28,29)30/h2-5,10-13H,6-9,14H2,1H3,(H,36,37). The van der Waals surface area contributed by atoms with Gasteiger partial charge in [-0.2, -0.15) is 18.3 Å². The molecule has 0 radical (unpaired) electrons. The Hall–Kier alpha value is -3.35. The number of rotatable bonds is 5. The molecule has 2 saturated heterocycles. The van der Waals surface area contributed by atoms with Gasteiger partial charge < -0.3 is 10.0 Å². The molecule has 3 heterocycles. The minimum Gasteiger partial charge on any atom is -0.479 e. The molecule has 13 heteroatoms. The number of carboxylic acid groups (broad SMARTS) is 1. The van der Waals surface area contributed by atoms with Crippen molar-refractivity contribution in [2.24, 2.45) is 0 Å². The van der Waals surface area contributed by atoms with Crippen LogP contribution in [0, 0.1) is 0 Å². The molecule has 39 heavy (non-hydrogen) atoms. The summed E-state index contributed by atoms with van der Waals surface area (Å²) in [5, 5.41) is 14.2. The number of benzene rings is 2. The SMILES string of the molecule is CN1CCC(C(=O)O)(N2C(=O)SC(=Cc3ccc4c(cnn4Cc4ccc(Cl)cc4C(F)(F)F)c3)C2=O)CC1. The van der Waals surface area contributed by atoms with Crippen molar-refractivity contribution < 1.29 is 32.7 Å². The van der Waals surface area contributed by atoms with E-state index in [-0.39, 0.29) is 34.9 Å². The number of aliphatic carboxylic acids is 1. The summed E-state index contributed by atoms with van der Waals surface area (Å²) in [6, 6.07) is 8.61. The summed E-state index contributed by atoms with van der Waals surface area (Å²) in [4.78, 5) is 41.2. The van der Waals surface area contributed by atoms with Gasteiger partial charge in [0.25, 0.3) is 11.1 Å². The Labute approximate surface area is 230 Å². The van der Waals surface area contributed by atoms with Crippen LogP contribution in [0.2, 0.25) is 5.02 Å². The number of likely N-dealkylation sites (tertiary alicyclic amines) is 1. The van der Waals surface area contributed by atoms with Crippen LogP contribution < -0.4 is 0 Å². The van der Waals surface area contributed by atoms with Gasteiger partial charge in [0.15, 0.2) is 5.54 Å². The molecule has 8 nitrogen and oxygen atoms in total. The van der Waals surface area contributed by atoms with Crippen LogP contribution in [0.1, 0.15) is 29.5 Å². The lowest BCUT2D eigenvalue weighted by Crippen LogP contribution is -2.61. The van der Waals surface area contributed by atoms with Gasteiger partial charge in [-0.3, -0.25) is 19.2 Å². The number of aromatic nitrogens is 2. The predicted octanol–water partition coefficient (Wildman–Crippen LogP) is 5.34. The van der Waals surface area contributed by atoms with E-state index in [4.69, 9.17) is 11.6 Å². The van der Waals surface area contributed by atoms with E-state index in [9.17, 15) is 32.7 Å². The Kier molecular flexibility index (Phi) is 6.98. The van der Waals surface area contributed by atoms with Gasteiger partial charge >= 0.3 is 12.1 Å². The van der Waals surface area contributed by atoms with Gasteiger partial charge in [0.1, 0.15) is 0 Å². The number of hydrogen-bond donors (Lipinski definition) is 1. The third-order valence-corrected chi connectivity index (χ3v) is 8.20. The fraction of sp³-hybridized carbons (Fsp3) is 0.308. The second-order valence-corrected chi connectivity index (χ2v) is 11.0. The smallest absolute Gasteiger partial charge is 0.416 e. The van der Waals surface area contributed by atoms with Gasteiger partial charge in [-0.25, -0.2) is 4.79 Å². The molecule has 0 saturated carbocycles. The van der Waals surface area contributed by atoms with Gasteiger partial charge in [0.2, 0.25) is 0 Å². The molecule has 0 aliphatic carbocycles. The Balaban J connectivity index is 1.42. The largest absolute Gasteiger partial charge is 0.479 e. The van der Waals surface area contributed by atoms with Crippen LogP contribution in [-0.2, 0) is 22.3 Å². The molecule has 3 aromatic rings.